The van der Waals surface area contributed by atoms with Crippen molar-refractivity contribution >= 4 is 5.91 Å². The van der Waals surface area contributed by atoms with Crippen LogP contribution in [-0.4, -0.2) is 40.1 Å². The van der Waals surface area contributed by atoms with Crippen LogP contribution in [0.1, 0.15) is 11.1 Å². The summed E-state index contributed by atoms with van der Waals surface area (Å²) in [5, 5.41) is 16.6. The normalized spacial score (nSPS) is 17.2. The van der Waals surface area contributed by atoms with Gasteiger partial charge in [-0.2, -0.15) is 5.10 Å². The standard InChI is InChI=1S/C16H17F2N3O3/c1-21-7-10(6-19-21)5-13(22)15(23)20-16(8-24-9-16)14-11(17)3-2-4-12(14)18/h2-4,6-7,13,22H,5,8-9H2,1H3,(H,20,23). The fraction of sp³-hybridized carbons (Fsp3) is 0.375. The van der Waals surface area contributed by atoms with Crippen molar-refractivity contribution in [1.29, 1.82) is 0 Å². The van der Waals surface area contributed by atoms with Crippen LogP contribution < -0.4 is 5.32 Å². The Hall–Kier alpha value is -2.32. The van der Waals surface area contributed by atoms with E-state index < -0.39 is 29.2 Å². The molecular formula is C16H17F2N3O3. The summed E-state index contributed by atoms with van der Waals surface area (Å²) in [6, 6.07) is 3.49. The van der Waals surface area contributed by atoms with Gasteiger partial charge in [0.25, 0.3) is 0 Å². The summed E-state index contributed by atoms with van der Waals surface area (Å²) >= 11 is 0. The van der Waals surface area contributed by atoms with Gasteiger partial charge in [0, 0.05) is 19.7 Å². The number of halogens is 2. The second kappa shape index (κ2) is 6.29. The van der Waals surface area contributed by atoms with E-state index >= 15 is 0 Å². The lowest BCUT2D eigenvalue weighted by Gasteiger charge is -2.43. The van der Waals surface area contributed by atoms with Crippen LogP contribution in [0.5, 0.6) is 0 Å². The number of aliphatic hydroxyl groups excluding tert-OH is 1. The second-order valence-electron chi connectivity index (χ2n) is 5.90. The van der Waals surface area contributed by atoms with E-state index in [1.165, 1.54) is 12.3 Å². The molecule has 1 unspecified atom stereocenters. The molecule has 2 N–H and O–H groups in total. The van der Waals surface area contributed by atoms with E-state index in [0.29, 0.717) is 5.56 Å². The maximum Gasteiger partial charge on any atom is 0.250 e. The Bertz CT molecular complexity index is 739. The van der Waals surface area contributed by atoms with E-state index in [1.807, 2.05) is 0 Å². The van der Waals surface area contributed by atoms with E-state index in [4.69, 9.17) is 4.74 Å². The molecule has 0 aliphatic carbocycles. The van der Waals surface area contributed by atoms with Gasteiger partial charge in [-0.05, 0) is 17.7 Å². The Morgan fingerprint density at radius 2 is 2.12 bits per heavy atom. The van der Waals surface area contributed by atoms with E-state index in [2.05, 4.69) is 10.4 Å². The molecule has 6 nitrogen and oxygen atoms in total. The predicted molar refractivity (Wildman–Crippen MR) is 79.9 cm³/mol. The third-order valence-corrected chi connectivity index (χ3v) is 3.99. The van der Waals surface area contributed by atoms with Gasteiger partial charge >= 0.3 is 0 Å². The number of carbonyl (C=O) groups is 1. The van der Waals surface area contributed by atoms with Crippen molar-refractivity contribution in [1.82, 2.24) is 15.1 Å². The van der Waals surface area contributed by atoms with Crippen LogP contribution in [-0.2, 0) is 28.5 Å². The van der Waals surface area contributed by atoms with Crippen LogP contribution in [0.25, 0.3) is 0 Å². The van der Waals surface area contributed by atoms with Crippen molar-refractivity contribution in [3.05, 3.63) is 53.4 Å². The molecule has 2 aromatic rings. The highest BCUT2D eigenvalue weighted by Gasteiger charge is 2.46. The summed E-state index contributed by atoms with van der Waals surface area (Å²) in [5.74, 6) is -2.24. The summed E-state index contributed by atoms with van der Waals surface area (Å²) < 4.78 is 34.7. The zero-order valence-electron chi connectivity index (χ0n) is 13.0. The summed E-state index contributed by atoms with van der Waals surface area (Å²) in [5.41, 5.74) is -0.878. The number of benzene rings is 1. The van der Waals surface area contributed by atoms with Crippen molar-refractivity contribution in [3.8, 4) is 0 Å². The van der Waals surface area contributed by atoms with Gasteiger partial charge in [-0.25, -0.2) is 8.78 Å². The van der Waals surface area contributed by atoms with Crippen molar-refractivity contribution in [2.45, 2.75) is 18.1 Å². The smallest absolute Gasteiger partial charge is 0.250 e. The Balaban J connectivity index is 1.76. The topological polar surface area (TPSA) is 76.4 Å². The largest absolute Gasteiger partial charge is 0.383 e. The second-order valence-corrected chi connectivity index (χ2v) is 5.90. The highest BCUT2D eigenvalue weighted by molar-refractivity contribution is 5.82. The van der Waals surface area contributed by atoms with Gasteiger partial charge in [0.05, 0.1) is 25.0 Å². The van der Waals surface area contributed by atoms with Crippen LogP contribution >= 0.6 is 0 Å². The highest BCUT2D eigenvalue weighted by atomic mass is 19.1. The number of aromatic nitrogens is 2. The lowest BCUT2D eigenvalue weighted by atomic mass is 9.86. The van der Waals surface area contributed by atoms with E-state index in [-0.39, 0.29) is 25.2 Å². The maximum absolute atomic E-state index is 14.0. The first-order valence-electron chi connectivity index (χ1n) is 7.41. The molecule has 3 rings (SSSR count). The Kier molecular flexibility index (Phi) is 4.33. The van der Waals surface area contributed by atoms with E-state index in [9.17, 15) is 18.7 Å². The minimum Gasteiger partial charge on any atom is -0.383 e. The molecule has 1 aromatic carbocycles. The minimum atomic E-state index is -1.36. The van der Waals surface area contributed by atoms with Gasteiger partial charge in [-0.15, -0.1) is 0 Å². The number of ether oxygens (including phenoxy) is 1. The van der Waals surface area contributed by atoms with Crippen LogP contribution in [0, 0.1) is 11.6 Å². The van der Waals surface area contributed by atoms with Crippen LogP contribution in [0.2, 0.25) is 0 Å². The Morgan fingerprint density at radius 3 is 2.62 bits per heavy atom. The number of rotatable bonds is 5. The molecule has 24 heavy (non-hydrogen) atoms. The highest BCUT2D eigenvalue weighted by Crippen LogP contribution is 2.33. The lowest BCUT2D eigenvalue weighted by Crippen LogP contribution is -2.62. The molecule has 128 valence electrons. The SMILES string of the molecule is Cn1cc(CC(O)C(=O)NC2(c3c(F)cccc3F)COC2)cn1. The first kappa shape index (κ1) is 16.5. The number of hydrogen-bond acceptors (Lipinski definition) is 4. The van der Waals surface area contributed by atoms with Gasteiger partial charge in [-0.3, -0.25) is 9.48 Å². The summed E-state index contributed by atoms with van der Waals surface area (Å²) in [7, 11) is 1.72. The molecule has 8 heteroatoms. The third-order valence-electron chi connectivity index (χ3n) is 3.99. The number of nitrogens with one attached hydrogen (secondary N) is 1. The maximum atomic E-state index is 14.0. The van der Waals surface area contributed by atoms with Crippen LogP contribution in [0.3, 0.4) is 0 Å². The number of nitrogens with zero attached hydrogens (tertiary/aromatic N) is 2. The average molecular weight is 337 g/mol. The molecule has 0 bridgehead atoms. The summed E-state index contributed by atoms with van der Waals surface area (Å²) in [4.78, 5) is 12.3. The van der Waals surface area contributed by atoms with Gasteiger partial charge in [0.1, 0.15) is 23.3 Å². The first-order valence-corrected chi connectivity index (χ1v) is 7.41. The molecule has 1 saturated heterocycles. The van der Waals surface area contributed by atoms with Crippen molar-refractivity contribution < 1.29 is 23.4 Å². The number of carbonyl (C=O) groups excluding carboxylic acids is 1. The predicted octanol–water partition coefficient (Wildman–Crippen LogP) is 0.644. The van der Waals surface area contributed by atoms with Gasteiger partial charge in [0.15, 0.2) is 0 Å². The first-order chi connectivity index (χ1) is 11.4. The zero-order valence-corrected chi connectivity index (χ0v) is 13.0. The monoisotopic (exact) mass is 337 g/mol. The summed E-state index contributed by atoms with van der Waals surface area (Å²) in [6.45, 7) is -0.119. The fourth-order valence-corrected chi connectivity index (χ4v) is 2.75. The molecule has 2 heterocycles. The van der Waals surface area contributed by atoms with Crippen molar-refractivity contribution in [3.63, 3.8) is 0 Å². The molecule has 0 saturated carbocycles. The van der Waals surface area contributed by atoms with Crippen molar-refractivity contribution in [2.24, 2.45) is 7.05 Å². The Labute approximate surface area is 137 Å². The van der Waals surface area contributed by atoms with E-state index in [1.54, 1.807) is 17.9 Å². The zero-order chi connectivity index (χ0) is 17.3. The quantitative estimate of drug-likeness (QED) is 0.840. The number of hydrogen-bond donors (Lipinski definition) is 2. The van der Waals surface area contributed by atoms with E-state index in [0.717, 1.165) is 12.1 Å². The summed E-state index contributed by atoms with van der Waals surface area (Å²) in [6.07, 6.45) is 1.91. The molecule has 1 atom stereocenters. The molecule has 1 aliphatic heterocycles. The minimum absolute atomic E-state index is 0.0519. The lowest BCUT2D eigenvalue weighted by molar-refractivity contribution is -0.142. The van der Waals surface area contributed by atoms with Crippen molar-refractivity contribution in [2.75, 3.05) is 13.2 Å². The molecule has 1 aliphatic rings. The average Bonchev–Trinajstić information content (AvgIpc) is 2.89. The Morgan fingerprint density at radius 1 is 1.46 bits per heavy atom. The van der Waals surface area contributed by atoms with Gasteiger partial charge in [0.2, 0.25) is 5.91 Å². The van der Waals surface area contributed by atoms with Crippen LogP contribution in [0.4, 0.5) is 8.78 Å². The fourth-order valence-electron chi connectivity index (χ4n) is 2.75. The molecule has 0 radical (unpaired) electrons. The molecule has 0 spiro atoms. The van der Waals surface area contributed by atoms with Gasteiger partial charge < -0.3 is 15.2 Å². The molecule has 1 amide bonds. The van der Waals surface area contributed by atoms with Crippen LogP contribution in [0.15, 0.2) is 30.6 Å². The number of aryl methyl sites for hydroxylation is 1. The third kappa shape index (κ3) is 3.02. The molecule has 1 fully saturated rings. The van der Waals surface area contributed by atoms with Gasteiger partial charge in [-0.1, -0.05) is 6.07 Å². The molecular weight excluding hydrogens is 320 g/mol. The molecule has 1 aromatic heterocycles. The number of aliphatic hydroxyl groups is 1. The number of amides is 1.